The van der Waals surface area contributed by atoms with Crippen LogP contribution in [0.4, 0.5) is 0 Å². The van der Waals surface area contributed by atoms with Crippen LogP contribution in [0, 0.1) is 0 Å². The molecule has 0 unspecified atom stereocenters. The number of nitrogens with zero attached hydrogens (tertiary/aromatic N) is 5. The maximum atomic E-state index is 5.74. The molecular weight excluding hydrogens is 261 g/mol. The molecule has 0 atom stereocenters. The maximum absolute atomic E-state index is 5.74. The third-order valence-corrected chi connectivity index (χ3v) is 2.58. The smallest absolute Gasteiger partial charge is 0.241 e. The van der Waals surface area contributed by atoms with Crippen molar-refractivity contribution >= 4 is 34.2 Å². The molecule has 1 aromatic carbocycles. The molecule has 0 aliphatic heterocycles. The van der Waals surface area contributed by atoms with Gasteiger partial charge >= 0.3 is 0 Å². The Bertz CT molecular complexity index is 674. The van der Waals surface area contributed by atoms with Crippen molar-refractivity contribution in [1.29, 1.82) is 0 Å². The quantitative estimate of drug-likeness (QED) is 0.679. The first-order valence-corrected chi connectivity index (χ1v) is 5.49. The molecule has 0 saturated heterocycles. The SMILES string of the molecule is Clc1nc(Cl)nc(-n2cnc3ccccc32)n1. The van der Waals surface area contributed by atoms with Crippen LogP contribution in [-0.2, 0) is 0 Å². The number of fused-ring (bicyclic) bond motifs is 1. The van der Waals surface area contributed by atoms with E-state index in [1.54, 1.807) is 10.9 Å². The fourth-order valence-corrected chi connectivity index (χ4v) is 1.90. The maximum Gasteiger partial charge on any atom is 0.241 e. The van der Waals surface area contributed by atoms with Gasteiger partial charge in [0.05, 0.1) is 11.0 Å². The predicted octanol–water partition coefficient (Wildman–Crippen LogP) is 2.52. The topological polar surface area (TPSA) is 56.5 Å². The first-order chi connectivity index (χ1) is 8.24. The fourth-order valence-electron chi connectivity index (χ4n) is 1.54. The minimum Gasteiger partial charge on any atom is -0.267 e. The molecule has 0 aliphatic rings. The molecule has 0 spiro atoms. The molecule has 5 nitrogen and oxygen atoms in total. The van der Waals surface area contributed by atoms with Crippen LogP contribution in [0.2, 0.25) is 10.6 Å². The van der Waals surface area contributed by atoms with Gasteiger partial charge in [-0.25, -0.2) is 4.98 Å². The molecular formula is C10H5Cl2N5. The number of benzene rings is 1. The van der Waals surface area contributed by atoms with Gasteiger partial charge in [0.15, 0.2) is 0 Å². The molecule has 0 fully saturated rings. The summed E-state index contributed by atoms with van der Waals surface area (Å²) in [6, 6.07) is 7.63. The van der Waals surface area contributed by atoms with E-state index in [1.807, 2.05) is 24.3 Å². The highest BCUT2D eigenvalue weighted by Crippen LogP contribution is 2.17. The number of aromatic nitrogens is 5. The van der Waals surface area contributed by atoms with E-state index in [-0.39, 0.29) is 10.6 Å². The lowest BCUT2D eigenvalue weighted by atomic mass is 10.3. The van der Waals surface area contributed by atoms with Crippen molar-refractivity contribution < 1.29 is 0 Å². The monoisotopic (exact) mass is 265 g/mol. The standard InChI is InChI=1S/C10H5Cl2N5/c11-8-14-9(12)16-10(15-8)17-5-13-6-3-1-2-4-7(6)17/h1-5H. The van der Waals surface area contributed by atoms with Gasteiger partial charge in [0, 0.05) is 0 Å². The van der Waals surface area contributed by atoms with Crippen LogP contribution >= 0.6 is 23.2 Å². The summed E-state index contributed by atoms with van der Waals surface area (Å²) in [5.41, 5.74) is 1.73. The van der Waals surface area contributed by atoms with E-state index in [4.69, 9.17) is 23.2 Å². The zero-order chi connectivity index (χ0) is 11.8. The third kappa shape index (κ3) is 1.83. The van der Waals surface area contributed by atoms with E-state index in [9.17, 15) is 0 Å². The van der Waals surface area contributed by atoms with Crippen LogP contribution in [0.25, 0.3) is 17.0 Å². The van der Waals surface area contributed by atoms with Crippen molar-refractivity contribution in [3.05, 3.63) is 41.2 Å². The minimum atomic E-state index is 0.0535. The molecule has 0 aliphatic carbocycles. The summed E-state index contributed by atoms with van der Waals surface area (Å²) in [6.45, 7) is 0. The Balaban J connectivity index is 2.27. The number of hydrogen-bond acceptors (Lipinski definition) is 4. The van der Waals surface area contributed by atoms with Crippen molar-refractivity contribution in [2.24, 2.45) is 0 Å². The molecule has 0 N–H and O–H groups in total. The van der Waals surface area contributed by atoms with Crippen LogP contribution in [0.15, 0.2) is 30.6 Å². The summed E-state index contributed by atoms with van der Waals surface area (Å²) in [5, 5.41) is 0.107. The molecule has 3 rings (SSSR count). The summed E-state index contributed by atoms with van der Waals surface area (Å²) in [6.07, 6.45) is 1.62. The molecule has 7 heteroatoms. The number of imidazole rings is 1. The van der Waals surface area contributed by atoms with Crippen LogP contribution in [0.3, 0.4) is 0 Å². The summed E-state index contributed by atoms with van der Waals surface area (Å²) in [7, 11) is 0. The van der Waals surface area contributed by atoms with Crippen molar-refractivity contribution in [1.82, 2.24) is 24.5 Å². The van der Waals surface area contributed by atoms with Gasteiger partial charge < -0.3 is 0 Å². The van der Waals surface area contributed by atoms with Crippen LogP contribution in [0.5, 0.6) is 0 Å². The van der Waals surface area contributed by atoms with E-state index in [0.717, 1.165) is 11.0 Å². The highest BCUT2D eigenvalue weighted by molar-refractivity contribution is 6.31. The van der Waals surface area contributed by atoms with Crippen LogP contribution in [-0.4, -0.2) is 24.5 Å². The van der Waals surface area contributed by atoms with Crippen LogP contribution < -0.4 is 0 Å². The summed E-state index contributed by atoms with van der Waals surface area (Å²) < 4.78 is 1.70. The van der Waals surface area contributed by atoms with Gasteiger partial charge in [0.2, 0.25) is 16.5 Å². The average molecular weight is 266 g/mol. The average Bonchev–Trinajstić information content (AvgIpc) is 2.71. The van der Waals surface area contributed by atoms with Crippen molar-refractivity contribution in [2.45, 2.75) is 0 Å². The number of halogens is 2. The van der Waals surface area contributed by atoms with E-state index in [1.165, 1.54) is 0 Å². The Morgan fingerprint density at radius 3 is 2.41 bits per heavy atom. The molecule has 0 bridgehead atoms. The van der Waals surface area contributed by atoms with Gasteiger partial charge in [-0.15, -0.1) is 0 Å². The lowest BCUT2D eigenvalue weighted by molar-refractivity contribution is 0.913. The summed E-state index contributed by atoms with van der Waals surface area (Å²) in [4.78, 5) is 15.9. The van der Waals surface area contributed by atoms with Gasteiger partial charge in [-0.05, 0) is 35.3 Å². The number of hydrogen-bond donors (Lipinski definition) is 0. The van der Waals surface area contributed by atoms with E-state index in [0.29, 0.717) is 5.95 Å². The van der Waals surface area contributed by atoms with Gasteiger partial charge in [0.1, 0.15) is 6.33 Å². The largest absolute Gasteiger partial charge is 0.267 e. The Morgan fingerprint density at radius 1 is 0.941 bits per heavy atom. The van der Waals surface area contributed by atoms with E-state index >= 15 is 0 Å². The molecule has 0 radical (unpaired) electrons. The summed E-state index contributed by atoms with van der Waals surface area (Å²) >= 11 is 11.5. The van der Waals surface area contributed by atoms with Gasteiger partial charge in [0.25, 0.3) is 0 Å². The lowest BCUT2D eigenvalue weighted by Crippen LogP contribution is -2.01. The normalized spacial score (nSPS) is 10.9. The Kier molecular flexibility index (Phi) is 2.42. The molecule has 2 aromatic heterocycles. The van der Waals surface area contributed by atoms with Crippen molar-refractivity contribution in [3.8, 4) is 5.95 Å². The molecule has 2 heterocycles. The highest BCUT2D eigenvalue weighted by atomic mass is 35.5. The number of para-hydroxylation sites is 2. The Hall–Kier alpha value is -1.72. The van der Waals surface area contributed by atoms with Crippen molar-refractivity contribution in [2.75, 3.05) is 0 Å². The van der Waals surface area contributed by atoms with Gasteiger partial charge in [-0.1, -0.05) is 12.1 Å². The molecule has 0 saturated carbocycles. The zero-order valence-electron chi connectivity index (χ0n) is 8.38. The van der Waals surface area contributed by atoms with Crippen LogP contribution in [0.1, 0.15) is 0 Å². The minimum absolute atomic E-state index is 0.0535. The fraction of sp³-hybridized carbons (Fsp3) is 0. The zero-order valence-corrected chi connectivity index (χ0v) is 9.89. The molecule has 84 valence electrons. The number of rotatable bonds is 1. The Labute approximate surface area is 106 Å². The molecule has 0 amide bonds. The summed E-state index contributed by atoms with van der Waals surface area (Å²) in [5.74, 6) is 0.351. The van der Waals surface area contributed by atoms with Crippen molar-refractivity contribution in [3.63, 3.8) is 0 Å². The highest BCUT2D eigenvalue weighted by Gasteiger charge is 2.08. The third-order valence-electron chi connectivity index (χ3n) is 2.24. The van der Waals surface area contributed by atoms with E-state index in [2.05, 4.69) is 19.9 Å². The second-order valence-electron chi connectivity index (χ2n) is 3.28. The lowest BCUT2D eigenvalue weighted by Gasteiger charge is -2.02. The first kappa shape index (κ1) is 10.4. The van der Waals surface area contributed by atoms with Gasteiger partial charge in [-0.3, -0.25) is 4.57 Å². The Morgan fingerprint density at radius 2 is 1.65 bits per heavy atom. The van der Waals surface area contributed by atoms with Gasteiger partial charge in [-0.2, -0.15) is 15.0 Å². The second kappa shape index (κ2) is 3.94. The second-order valence-corrected chi connectivity index (χ2v) is 3.95. The predicted molar refractivity (Wildman–Crippen MR) is 64.5 cm³/mol. The molecule has 3 aromatic rings. The van der Waals surface area contributed by atoms with E-state index < -0.39 is 0 Å². The molecule has 17 heavy (non-hydrogen) atoms. The first-order valence-electron chi connectivity index (χ1n) is 4.73.